The molecule has 114 valence electrons. The molecule has 0 saturated carbocycles. The molecule has 2 aromatic rings. The number of benzene rings is 1. The van der Waals surface area contributed by atoms with Crippen LogP contribution in [0.4, 0.5) is 0 Å². The van der Waals surface area contributed by atoms with Crippen LogP contribution in [0.3, 0.4) is 0 Å². The van der Waals surface area contributed by atoms with Crippen LogP contribution >= 0.6 is 0 Å². The molecule has 4 heteroatoms. The number of nitrogens with zero attached hydrogens (tertiary/aromatic N) is 2. The Labute approximate surface area is 127 Å². The van der Waals surface area contributed by atoms with E-state index in [0.717, 1.165) is 17.8 Å². The van der Waals surface area contributed by atoms with Gasteiger partial charge in [0.15, 0.2) is 0 Å². The highest BCUT2D eigenvalue weighted by Gasteiger charge is 2.19. The number of nitrogens with two attached hydrogens (primary N) is 1. The Morgan fingerprint density at radius 2 is 1.81 bits per heavy atom. The average molecular weight is 286 g/mol. The number of nitrogens with one attached hydrogen (secondary N) is 1. The second-order valence-corrected chi connectivity index (χ2v) is 6.03. The van der Waals surface area contributed by atoms with Gasteiger partial charge < -0.3 is 0 Å². The van der Waals surface area contributed by atoms with Crippen molar-refractivity contribution in [3.63, 3.8) is 0 Å². The maximum Gasteiger partial charge on any atom is 0.0644 e. The lowest BCUT2D eigenvalue weighted by Gasteiger charge is -2.17. The van der Waals surface area contributed by atoms with Gasteiger partial charge in [-0.15, -0.1) is 0 Å². The van der Waals surface area contributed by atoms with Gasteiger partial charge in [0.2, 0.25) is 0 Å². The molecule has 3 N–H and O–H groups in total. The number of aromatic nitrogens is 2. The molecule has 2 rings (SSSR count). The molecule has 21 heavy (non-hydrogen) atoms. The van der Waals surface area contributed by atoms with Gasteiger partial charge in [-0.1, -0.05) is 38.1 Å². The summed E-state index contributed by atoms with van der Waals surface area (Å²) in [7, 11) is 1.97. The molecule has 1 heterocycles. The fourth-order valence-corrected chi connectivity index (χ4v) is 2.81. The molecule has 0 spiro atoms. The molecule has 0 bridgehead atoms. The monoisotopic (exact) mass is 286 g/mol. The molecule has 4 nitrogen and oxygen atoms in total. The highest BCUT2D eigenvalue weighted by Crippen LogP contribution is 2.24. The van der Waals surface area contributed by atoms with E-state index in [-0.39, 0.29) is 6.04 Å². The lowest BCUT2D eigenvalue weighted by molar-refractivity contribution is 0.545. The summed E-state index contributed by atoms with van der Waals surface area (Å²) in [5.74, 6) is 6.35. The maximum absolute atomic E-state index is 5.79. The summed E-state index contributed by atoms with van der Waals surface area (Å²) in [6, 6.07) is 8.89. The van der Waals surface area contributed by atoms with Crippen molar-refractivity contribution in [3.8, 4) is 0 Å². The zero-order chi connectivity index (χ0) is 15.6. The molecule has 0 radical (unpaired) electrons. The lowest BCUT2D eigenvalue weighted by atomic mass is 9.95. The van der Waals surface area contributed by atoms with Crippen LogP contribution in [-0.4, -0.2) is 9.78 Å². The molecule has 1 unspecified atom stereocenters. The minimum absolute atomic E-state index is 0.0867. The van der Waals surface area contributed by atoms with Crippen molar-refractivity contribution in [2.24, 2.45) is 12.9 Å². The topological polar surface area (TPSA) is 55.9 Å². The van der Waals surface area contributed by atoms with Crippen molar-refractivity contribution in [1.82, 2.24) is 15.2 Å². The predicted octanol–water partition coefficient (Wildman–Crippen LogP) is 2.91. The molecule has 0 aliphatic rings. The Morgan fingerprint density at radius 1 is 1.19 bits per heavy atom. The fraction of sp³-hybridized carbons (Fsp3) is 0.471. The van der Waals surface area contributed by atoms with Crippen LogP contribution in [0, 0.1) is 13.8 Å². The highest BCUT2D eigenvalue weighted by atomic mass is 15.3. The minimum Gasteiger partial charge on any atom is -0.272 e. The van der Waals surface area contributed by atoms with Gasteiger partial charge in [0.05, 0.1) is 11.7 Å². The number of hydrogen-bond acceptors (Lipinski definition) is 3. The van der Waals surface area contributed by atoms with Crippen molar-refractivity contribution in [3.05, 3.63) is 52.3 Å². The Bertz CT molecular complexity index is 596. The van der Waals surface area contributed by atoms with Crippen LogP contribution in [0.15, 0.2) is 24.3 Å². The third kappa shape index (κ3) is 3.34. The number of aryl methyl sites for hydroxylation is 2. The van der Waals surface area contributed by atoms with E-state index in [1.54, 1.807) is 0 Å². The Balaban J connectivity index is 2.23. The first-order chi connectivity index (χ1) is 9.93. The second kappa shape index (κ2) is 6.41. The molecule has 0 aliphatic carbocycles. The molecule has 0 saturated heterocycles. The summed E-state index contributed by atoms with van der Waals surface area (Å²) in [6.07, 6.45) is 0.863. The van der Waals surface area contributed by atoms with Gasteiger partial charge >= 0.3 is 0 Å². The molecule has 1 aromatic heterocycles. The van der Waals surface area contributed by atoms with E-state index < -0.39 is 0 Å². The highest BCUT2D eigenvalue weighted by molar-refractivity contribution is 5.31. The molecule has 0 aliphatic heterocycles. The van der Waals surface area contributed by atoms with Crippen LogP contribution in [0.1, 0.15) is 53.9 Å². The van der Waals surface area contributed by atoms with E-state index in [9.17, 15) is 0 Å². The summed E-state index contributed by atoms with van der Waals surface area (Å²) in [5.41, 5.74) is 9.00. The van der Waals surface area contributed by atoms with Crippen LogP contribution in [0.5, 0.6) is 0 Å². The zero-order valence-electron chi connectivity index (χ0n) is 13.6. The average Bonchev–Trinajstić information content (AvgIpc) is 2.70. The quantitative estimate of drug-likeness (QED) is 0.656. The van der Waals surface area contributed by atoms with Crippen molar-refractivity contribution in [2.45, 2.75) is 46.1 Å². The minimum atomic E-state index is 0.0867. The summed E-state index contributed by atoms with van der Waals surface area (Å²) < 4.78 is 1.91. The second-order valence-electron chi connectivity index (χ2n) is 6.03. The third-order valence-corrected chi connectivity index (χ3v) is 4.20. The van der Waals surface area contributed by atoms with E-state index in [1.807, 2.05) is 18.7 Å². The van der Waals surface area contributed by atoms with Crippen molar-refractivity contribution >= 4 is 0 Å². The molecular weight excluding hydrogens is 260 g/mol. The summed E-state index contributed by atoms with van der Waals surface area (Å²) >= 11 is 0. The van der Waals surface area contributed by atoms with E-state index in [2.05, 4.69) is 55.6 Å². The number of hydrazine groups is 1. The third-order valence-electron chi connectivity index (χ3n) is 4.20. The lowest BCUT2D eigenvalue weighted by Crippen LogP contribution is -2.30. The number of rotatable bonds is 5. The number of hydrogen-bond donors (Lipinski definition) is 2. The van der Waals surface area contributed by atoms with Crippen molar-refractivity contribution < 1.29 is 0 Å². The van der Waals surface area contributed by atoms with Crippen LogP contribution in [0.2, 0.25) is 0 Å². The summed E-state index contributed by atoms with van der Waals surface area (Å²) in [6.45, 7) is 8.54. The van der Waals surface area contributed by atoms with Gasteiger partial charge in [-0.2, -0.15) is 5.10 Å². The maximum atomic E-state index is 5.79. The smallest absolute Gasteiger partial charge is 0.0644 e. The van der Waals surface area contributed by atoms with Crippen molar-refractivity contribution in [2.75, 3.05) is 0 Å². The van der Waals surface area contributed by atoms with E-state index in [4.69, 9.17) is 5.84 Å². The van der Waals surface area contributed by atoms with Crippen LogP contribution in [-0.2, 0) is 13.5 Å². The first-order valence-corrected chi connectivity index (χ1v) is 7.49. The van der Waals surface area contributed by atoms with Gasteiger partial charge in [0.25, 0.3) is 0 Å². The Hall–Kier alpha value is -1.65. The first-order valence-electron chi connectivity index (χ1n) is 7.49. The zero-order valence-corrected chi connectivity index (χ0v) is 13.6. The fourth-order valence-electron chi connectivity index (χ4n) is 2.81. The largest absolute Gasteiger partial charge is 0.272 e. The Morgan fingerprint density at radius 3 is 2.24 bits per heavy atom. The standard InChI is InChI=1S/C17H26N4/c1-11(2)15-8-6-14(7-9-15)10-16(19-18)17-12(3)20-21(5)13(17)4/h6-9,11,16,19H,10,18H2,1-5H3. The van der Waals surface area contributed by atoms with Gasteiger partial charge in [-0.3, -0.25) is 16.0 Å². The molecule has 1 aromatic carbocycles. The van der Waals surface area contributed by atoms with Gasteiger partial charge in [0, 0.05) is 18.3 Å². The van der Waals surface area contributed by atoms with Crippen LogP contribution in [0.25, 0.3) is 0 Å². The summed E-state index contributed by atoms with van der Waals surface area (Å²) in [5, 5.41) is 4.48. The van der Waals surface area contributed by atoms with Crippen LogP contribution < -0.4 is 11.3 Å². The molecule has 0 amide bonds. The predicted molar refractivity (Wildman–Crippen MR) is 87.0 cm³/mol. The molecule has 0 fully saturated rings. The van der Waals surface area contributed by atoms with E-state index in [0.29, 0.717) is 5.92 Å². The van der Waals surface area contributed by atoms with Crippen molar-refractivity contribution in [1.29, 1.82) is 0 Å². The van der Waals surface area contributed by atoms with E-state index in [1.165, 1.54) is 16.7 Å². The normalized spacial score (nSPS) is 12.9. The summed E-state index contributed by atoms with van der Waals surface area (Å²) in [4.78, 5) is 0. The molecular formula is C17H26N4. The molecule has 1 atom stereocenters. The Kier molecular flexibility index (Phi) is 4.80. The van der Waals surface area contributed by atoms with Gasteiger partial charge in [0.1, 0.15) is 0 Å². The van der Waals surface area contributed by atoms with Gasteiger partial charge in [-0.05, 0) is 37.3 Å². The van der Waals surface area contributed by atoms with E-state index >= 15 is 0 Å². The SMILES string of the molecule is Cc1nn(C)c(C)c1C(Cc1ccc(C(C)C)cc1)NN. The van der Waals surface area contributed by atoms with Gasteiger partial charge in [-0.25, -0.2) is 0 Å². The first kappa shape index (κ1) is 15.7.